The Morgan fingerprint density at radius 3 is 2.44 bits per heavy atom. The molecule has 5 heteroatoms. The molecular formula is C22H28O4S. The number of rotatable bonds is 11. The maximum absolute atomic E-state index is 11.6. The third-order valence-corrected chi connectivity index (χ3v) is 5.44. The van der Waals surface area contributed by atoms with Gasteiger partial charge in [-0.25, -0.2) is 0 Å². The third kappa shape index (κ3) is 7.18. The summed E-state index contributed by atoms with van der Waals surface area (Å²) in [5.41, 5.74) is 2.16. The van der Waals surface area contributed by atoms with Gasteiger partial charge in [0.15, 0.2) is 11.5 Å². The fourth-order valence-electron chi connectivity index (χ4n) is 2.70. The lowest BCUT2D eigenvalue weighted by molar-refractivity contribution is -0.140. The van der Waals surface area contributed by atoms with Crippen molar-refractivity contribution in [2.75, 3.05) is 19.5 Å². The molecule has 1 atom stereocenters. The summed E-state index contributed by atoms with van der Waals surface area (Å²) >= 11 is 1.67. The number of ether oxygens (including phenoxy) is 2. The Balaban J connectivity index is 2.03. The Morgan fingerprint density at radius 1 is 1.07 bits per heavy atom. The lowest BCUT2D eigenvalue weighted by Gasteiger charge is -2.16. The summed E-state index contributed by atoms with van der Waals surface area (Å²) in [7, 11) is 1.61. The molecule has 1 N–H and O–H groups in total. The number of thioether (sulfide) groups is 1. The molecule has 0 radical (unpaired) electrons. The van der Waals surface area contributed by atoms with E-state index in [2.05, 4.69) is 26.0 Å². The normalized spacial score (nSPS) is 12.0. The van der Waals surface area contributed by atoms with Crippen LogP contribution in [0, 0.1) is 5.92 Å². The molecule has 0 amide bonds. The number of carbonyl (C=O) groups is 1. The number of hydrogen-bond donors (Lipinski definition) is 1. The topological polar surface area (TPSA) is 55.8 Å². The SMILES string of the molecule is COc1ccc(CC(CSC(C)C)C(=O)O)cc1OCCc1ccccc1. The van der Waals surface area contributed by atoms with Crippen molar-refractivity contribution in [2.45, 2.75) is 31.9 Å². The summed E-state index contributed by atoms with van der Waals surface area (Å²) in [6.45, 7) is 4.70. The molecule has 2 rings (SSSR count). The Morgan fingerprint density at radius 2 is 1.81 bits per heavy atom. The molecule has 0 saturated heterocycles. The predicted molar refractivity (Wildman–Crippen MR) is 111 cm³/mol. The van der Waals surface area contributed by atoms with Crippen molar-refractivity contribution >= 4 is 17.7 Å². The van der Waals surface area contributed by atoms with Crippen LogP contribution in [0.15, 0.2) is 48.5 Å². The first-order valence-corrected chi connectivity index (χ1v) is 10.2. The molecule has 0 aliphatic rings. The van der Waals surface area contributed by atoms with Gasteiger partial charge in [-0.3, -0.25) is 4.79 Å². The first-order chi connectivity index (χ1) is 13.0. The Labute approximate surface area is 165 Å². The van der Waals surface area contributed by atoms with Gasteiger partial charge in [0.1, 0.15) is 0 Å². The third-order valence-electron chi connectivity index (χ3n) is 4.18. The standard InChI is InChI=1S/C22H28O4S/c1-16(2)27-15-19(22(23)24)13-18-9-10-20(25-3)21(14-18)26-12-11-17-7-5-4-6-8-17/h4-10,14,16,19H,11-13,15H2,1-3H3,(H,23,24). The fraction of sp³-hybridized carbons (Fsp3) is 0.409. The van der Waals surface area contributed by atoms with Gasteiger partial charge in [0.05, 0.1) is 19.6 Å². The Kier molecular flexibility index (Phi) is 8.52. The summed E-state index contributed by atoms with van der Waals surface area (Å²) in [5.74, 6) is 0.749. The maximum Gasteiger partial charge on any atom is 0.307 e. The number of carboxylic acid groups (broad SMARTS) is 1. The van der Waals surface area contributed by atoms with E-state index in [1.807, 2.05) is 36.4 Å². The van der Waals surface area contributed by atoms with Crippen LogP contribution < -0.4 is 9.47 Å². The summed E-state index contributed by atoms with van der Waals surface area (Å²) in [5, 5.41) is 9.93. The summed E-state index contributed by atoms with van der Waals surface area (Å²) in [6, 6.07) is 15.8. The van der Waals surface area contributed by atoms with E-state index in [9.17, 15) is 9.90 Å². The van der Waals surface area contributed by atoms with Crippen molar-refractivity contribution in [1.29, 1.82) is 0 Å². The van der Waals surface area contributed by atoms with Crippen LogP contribution in [0.1, 0.15) is 25.0 Å². The second-order valence-corrected chi connectivity index (χ2v) is 8.30. The van der Waals surface area contributed by atoms with Crippen LogP contribution in [0.3, 0.4) is 0 Å². The molecule has 0 spiro atoms. The number of carboxylic acids is 1. The van der Waals surface area contributed by atoms with Crippen LogP contribution in [-0.2, 0) is 17.6 Å². The molecule has 0 aliphatic heterocycles. The molecule has 0 saturated carbocycles. The van der Waals surface area contributed by atoms with E-state index in [1.54, 1.807) is 18.9 Å². The van der Waals surface area contributed by atoms with Gasteiger partial charge >= 0.3 is 5.97 Å². The summed E-state index contributed by atoms with van der Waals surface area (Å²) in [6.07, 6.45) is 1.28. The summed E-state index contributed by atoms with van der Waals surface area (Å²) in [4.78, 5) is 11.6. The van der Waals surface area contributed by atoms with Gasteiger partial charge in [0.25, 0.3) is 0 Å². The first kappa shape index (κ1) is 21.2. The van der Waals surface area contributed by atoms with Crippen LogP contribution in [0.25, 0.3) is 0 Å². The molecule has 0 aliphatic carbocycles. The molecule has 0 heterocycles. The van der Waals surface area contributed by atoms with Crippen LogP contribution in [0.2, 0.25) is 0 Å². The lowest BCUT2D eigenvalue weighted by atomic mass is 10.0. The van der Waals surface area contributed by atoms with Crippen molar-refractivity contribution in [1.82, 2.24) is 0 Å². The van der Waals surface area contributed by atoms with Crippen molar-refractivity contribution in [3.05, 3.63) is 59.7 Å². The van der Waals surface area contributed by atoms with Gasteiger partial charge in [-0.2, -0.15) is 11.8 Å². The number of benzene rings is 2. The average Bonchev–Trinajstić information content (AvgIpc) is 2.65. The number of aliphatic carboxylic acids is 1. The van der Waals surface area contributed by atoms with Crippen LogP contribution in [-0.4, -0.2) is 35.8 Å². The highest BCUT2D eigenvalue weighted by molar-refractivity contribution is 7.99. The second kappa shape index (κ2) is 10.9. The van der Waals surface area contributed by atoms with E-state index < -0.39 is 11.9 Å². The summed E-state index contributed by atoms with van der Waals surface area (Å²) < 4.78 is 11.3. The lowest BCUT2D eigenvalue weighted by Crippen LogP contribution is -2.20. The molecular weight excluding hydrogens is 360 g/mol. The second-order valence-electron chi connectivity index (χ2n) is 6.69. The first-order valence-electron chi connectivity index (χ1n) is 9.17. The van der Waals surface area contributed by atoms with Gasteiger partial charge in [-0.1, -0.05) is 50.2 Å². The number of hydrogen-bond acceptors (Lipinski definition) is 4. The van der Waals surface area contributed by atoms with E-state index in [1.165, 1.54) is 5.56 Å². The van der Waals surface area contributed by atoms with Gasteiger partial charge in [0.2, 0.25) is 0 Å². The van der Waals surface area contributed by atoms with E-state index in [4.69, 9.17) is 9.47 Å². The van der Waals surface area contributed by atoms with E-state index in [0.717, 1.165) is 12.0 Å². The zero-order chi connectivity index (χ0) is 19.6. The molecule has 0 aromatic heterocycles. The van der Waals surface area contributed by atoms with Gasteiger partial charge in [0, 0.05) is 12.2 Å². The zero-order valence-corrected chi connectivity index (χ0v) is 17.0. The van der Waals surface area contributed by atoms with Gasteiger partial charge in [-0.05, 0) is 34.9 Å². The highest BCUT2D eigenvalue weighted by Crippen LogP contribution is 2.30. The molecule has 2 aromatic rings. The molecule has 146 valence electrons. The highest BCUT2D eigenvalue weighted by Gasteiger charge is 2.19. The van der Waals surface area contributed by atoms with Crippen LogP contribution >= 0.6 is 11.8 Å². The van der Waals surface area contributed by atoms with E-state index in [0.29, 0.717) is 35.5 Å². The van der Waals surface area contributed by atoms with Crippen LogP contribution in [0.5, 0.6) is 11.5 Å². The quantitative estimate of drug-likeness (QED) is 0.605. The maximum atomic E-state index is 11.6. The number of methoxy groups -OCH3 is 1. The Hall–Kier alpha value is -2.14. The smallest absolute Gasteiger partial charge is 0.307 e. The minimum absolute atomic E-state index is 0.414. The monoisotopic (exact) mass is 388 g/mol. The molecule has 4 nitrogen and oxygen atoms in total. The highest BCUT2D eigenvalue weighted by atomic mass is 32.2. The van der Waals surface area contributed by atoms with E-state index >= 15 is 0 Å². The Bertz CT molecular complexity index is 716. The largest absolute Gasteiger partial charge is 0.493 e. The molecule has 1 unspecified atom stereocenters. The van der Waals surface area contributed by atoms with Crippen LogP contribution in [0.4, 0.5) is 0 Å². The van der Waals surface area contributed by atoms with Crippen molar-refractivity contribution in [2.24, 2.45) is 5.92 Å². The molecule has 2 aromatic carbocycles. The fourth-order valence-corrected chi connectivity index (χ4v) is 3.57. The molecule has 0 bridgehead atoms. The predicted octanol–water partition coefficient (Wildman–Crippen LogP) is 4.70. The molecule has 0 fully saturated rings. The molecule has 27 heavy (non-hydrogen) atoms. The van der Waals surface area contributed by atoms with Crippen molar-refractivity contribution in [3.8, 4) is 11.5 Å². The van der Waals surface area contributed by atoms with Gasteiger partial charge < -0.3 is 14.6 Å². The minimum atomic E-state index is -0.759. The minimum Gasteiger partial charge on any atom is -0.493 e. The van der Waals surface area contributed by atoms with Gasteiger partial charge in [-0.15, -0.1) is 0 Å². The van der Waals surface area contributed by atoms with Crippen molar-refractivity contribution < 1.29 is 19.4 Å². The van der Waals surface area contributed by atoms with E-state index in [-0.39, 0.29) is 0 Å². The average molecular weight is 389 g/mol. The van der Waals surface area contributed by atoms with Crippen molar-refractivity contribution in [3.63, 3.8) is 0 Å². The zero-order valence-electron chi connectivity index (χ0n) is 16.2.